The molecular weight excluding hydrogens is 328 g/mol. The average Bonchev–Trinajstić information content (AvgIpc) is 2.60. The Hall–Kier alpha value is -2.47. The number of hydrogen-bond acceptors (Lipinski definition) is 4. The highest BCUT2D eigenvalue weighted by Gasteiger charge is 2.21. The first-order valence-electron chi connectivity index (χ1n) is 9.13. The number of piperidine rings is 1. The fourth-order valence-electron chi connectivity index (χ4n) is 3.69. The van der Waals surface area contributed by atoms with Crippen molar-refractivity contribution >= 4 is 5.91 Å². The Labute approximate surface area is 153 Å². The molecule has 6 nitrogen and oxygen atoms in total. The molecule has 2 atom stereocenters. The third-order valence-corrected chi connectivity index (χ3v) is 4.74. The van der Waals surface area contributed by atoms with Gasteiger partial charge in [0.2, 0.25) is 0 Å². The summed E-state index contributed by atoms with van der Waals surface area (Å²) in [5.41, 5.74) is 2.21. The first-order chi connectivity index (χ1) is 12.5. The molecule has 1 aliphatic heterocycles. The van der Waals surface area contributed by atoms with Gasteiger partial charge in [0.1, 0.15) is 5.69 Å². The normalized spacial score (nSPS) is 20.7. The number of aromatic amines is 1. The summed E-state index contributed by atoms with van der Waals surface area (Å²) in [4.78, 5) is 25.5. The summed E-state index contributed by atoms with van der Waals surface area (Å²) < 4.78 is 0. The zero-order chi connectivity index (χ0) is 18.5. The molecule has 1 aliphatic rings. The Bertz CT molecular complexity index is 770. The molecule has 1 aromatic carbocycles. The molecule has 2 aromatic rings. The van der Waals surface area contributed by atoms with Crippen molar-refractivity contribution in [2.24, 2.45) is 11.8 Å². The fourth-order valence-corrected chi connectivity index (χ4v) is 3.69. The molecule has 138 valence electrons. The third-order valence-electron chi connectivity index (χ3n) is 4.74. The molecule has 1 fully saturated rings. The first kappa shape index (κ1) is 18.3. The quantitative estimate of drug-likeness (QED) is 0.863. The molecule has 6 heteroatoms. The van der Waals surface area contributed by atoms with Crippen LogP contribution in [0.5, 0.6) is 0 Å². The Kier molecular flexibility index (Phi) is 5.83. The number of amides is 1. The highest BCUT2D eigenvalue weighted by atomic mass is 16.2. The van der Waals surface area contributed by atoms with Crippen molar-refractivity contribution < 1.29 is 4.79 Å². The van der Waals surface area contributed by atoms with E-state index in [1.165, 1.54) is 24.1 Å². The lowest BCUT2D eigenvalue weighted by Gasteiger charge is -2.35. The number of carbonyl (C=O) groups is 1. The molecule has 0 spiro atoms. The standard InChI is InChI=1S/C20H26N4O2/c1-14-9-15(2)12-24(11-14)13-17-5-3-16(4-6-17)10-21-20(26)18-7-8-19(25)23-22-18/h3-8,14-15H,9-13H2,1-2H3,(H,21,26)(H,23,25)/t14-,15-/m0/s1. The van der Waals surface area contributed by atoms with E-state index in [4.69, 9.17) is 0 Å². The first-order valence-corrected chi connectivity index (χ1v) is 9.13. The number of H-pyrrole nitrogens is 1. The van der Waals surface area contributed by atoms with Crippen molar-refractivity contribution in [3.63, 3.8) is 0 Å². The Morgan fingerprint density at radius 3 is 2.38 bits per heavy atom. The summed E-state index contributed by atoms with van der Waals surface area (Å²) in [6.45, 7) is 8.38. The predicted octanol–water partition coefficient (Wildman–Crippen LogP) is 2.18. The SMILES string of the molecule is C[C@H]1C[C@H](C)CN(Cc2ccc(CNC(=O)c3ccc(=O)[nH]n3)cc2)C1. The van der Waals surface area contributed by atoms with Crippen LogP contribution in [0.1, 0.15) is 41.9 Å². The van der Waals surface area contributed by atoms with Gasteiger partial charge in [0.25, 0.3) is 11.5 Å². The van der Waals surface area contributed by atoms with Crippen molar-refractivity contribution in [2.45, 2.75) is 33.4 Å². The number of nitrogens with one attached hydrogen (secondary N) is 2. The van der Waals surface area contributed by atoms with Crippen molar-refractivity contribution in [3.05, 3.63) is 63.6 Å². The summed E-state index contributed by atoms with van der Waals surface area (Å²) in [7, 11) is 0. The van der Waals surface area contributed by atoms with Gasteiger partial charge in [0.05, 0.1) is 0 Å². The van der Waals surface area contributed by atoms with E-state index in [-0.39, 0.29) is 17.2 Å². The van der Waals surface area contributed by atoms with E-state index in [1.54, 1.807) is 0 Å². The van der Waals surface area contributed by atoms with Crippen LogP contribution in [0, 0.1) is 11.8 Å². The number of nitrogens with zero attached hydrogens (tertiary/aromatic N) is 2. The highest BCUT2D eigenvalue weighted by Crippen LogP contribution is 2.22. The smallest absolute Gasteiger partial charge is 0.271 e. The van der Waals surface area contributed by atoms with E-state index in [2.05, 4.69) is 46.4 Å². The van der Waals surface area contributed by atoms with Gasteiger partial charge >= 0.3 is 0 Å². The van der Waals surface area contributed by atoms with Crippen molar-refractivity contribution in [2.75, 3.05) is 13.1 Å². The van der Waals surface area contributed by atoms with Crippen LogP contribution in [0.3, 0.4) is 0 Å². The minimum Gasteiger partial charge on any atom is -0.347 e. The lowest BCUT2D eigenvalue weighted by atomic mass is 9.91. The molecule has 3 rings (SSSR count). The van der Waals surface area contributed by atoms with Gasteiger partial charge in [-0.25, -0.2) is 5.10 Å². The van der Waals surface area contributed by atoms with Crippen molar-refractivity contribution in [1.29, 1.82) is 0 Å². The number of rotatable bonds is 5. The van der Waals surface area contributed by atoms with E-state index < -0.39 is 0 Å². The molecule has 0 radical (unpaired) electrons. The lowest BCUT2D eigenvalue weighted by Crippen LogP contribution is -2.38. The van der Waals surface area contributed by atoms with E-state index in [1.807, 2.05) is 12.1 Å². The van der Waals surface area contributed by atoms with Gasteiger partial charge in [-0.3, -0.25) is 14.5 Å². The second kappa shape index (κ2) is 8.27. The third kappa shape index (κ3) is 5.02. The van der Waals surface area contributed by atoms with Crippen LogP contribution in [0.15, 0.2) is 41.2 Å². The molecule has 1 amide bonds. The lowest BCUT2D eigenvalue weighted by molar-refractivity contribution is 0.0945. The van der Waals surface area contributed by atoms with Crippen LogP contribution >= 0.6 is 0 Å². The average molecular weight is 354 g/mol. The van der Waals surface area contributed by atoms with Gasteiger partial charge in [-0.1, -0.05) is 38.1 Å². The molecular formula is C20H26N4O2. The minimum absolute atomic E-state index is 0.203. The molecule has 2 N–H and O–H groups in total. The van der Waals surface area contributed by atoms with E-state index in [9.17, 15) is 9.59 Å². The summed E-state index contributed by atoms with van der Waals surface area (Å²) in [5.74, 6) is 1.21. The predicted molar refractivity (Wildman–Crippen MR) is 101 cm³/mol. The van der Waals surface area contributed by atoms with Gasteiger partial charge < -0.3 is 5.32 Å². The summed E-state index contributed by atoms with van der Waals surface area (Å²) >= 11 is 0. The maximum atomic E-state index is 12.0. The summed E-state index contributed by atoms with van der Waals surface area (Å²) in [6.07, 6.45) is 1.32. The Morgan fingerprint density at radius 1 is 1.12 bits per heavy atom. The zero-order valence-corrected chi connectivity index (χ0v) is 15.4. The number of aromatic nitrogens is 2. The van der Waals surface area contributed by atoms with E-state index in [0.29, 0.717) is 6.54 Å². The van der Waals surface area contributed by atoms with Crippen LogP contribution in [-0.4, -0.2) is 34.1 Å². The topological polar surface area (TPSA) is 78.1 Å². The number of likely N-dealkylation sites (tertiary alicyclic amines) is 1. The van der Waals surface area contributed by atoms with Gasteiger partial charge in [-0.05, 0) is 35.4 Å². The second-order valence-corrected chi connectivity index (χ2v) is 7.45. The van der Waals surface area contributed by atoms with Gasteiger partial charge in [0, 0.05) is 32.2 Å². The van der Waals surface area contributed by atoms with Gasteiger partial charge in [-0.15, -0.1) is 0 Å². The highest BCUT2D eigenvalue weighted by molar-refractivity contribution is 5.91. The molecule has 0 aliphatic carbocycles. The minimum atomic E-state index is -0.324. The summed E-state index contributed by atoms with van der Waals surface area (Å²) in [5, 5.41) is 8.80. The summed E-state index contributed by atoms with van der Waals surface area (Å²) in [6, 6.07) is 11.1. The van der Waals surface area contributed by atoms with E-state index in [0.717, 1.165) is 37.0 Å². The maximum absolute atomic E-state index is 12.0. The number of benzene rings is 1. The largest absolute Gasteiger partial charge is 0.347 e. The van der Waals surface area contributed by atoms with Crippen molar-refractivity contribution in [3.8, 4) is 0 Å². The molecule has 0 unspecified atom stereocenters. The number of carbonyl (C=O) groups excluding carboxylic acids is 1. The van der Waals surface area contributed by atoms with Crippen LogP contribution in [-0.2, 0) is 13.1 Å². The molecule has 0 bridgehead atoms. The monoisotopic (exact) mass is 354 g/mol. The molecule has 26 heavy (non-hydrogen) atoms. The van der Waals surface area contributed by atoms with Crippen LogP contribution in [0.4, 0.5) is 0 Å². The van der Waals surface area contributed by atoms with Crippen molar-refractivity contribution in [1.82, 2.24) is 20.4 Å². The number of hydrogen-bond donors (Lipinski definition) is 2. The van der Waals surface area contributed by atoms with E-state index >= 15 is 0 Å². The van der Waals surface area contributed by atoms with Crippen LogP contribution < -0.4 is 10.9 Å². The molecule has 2 heterocycles. The second-order valence-electron chi connectivity index (χ2n) is 7.45. The fraction of sp³-hybridized carbons (Fsp3) is 0.450. The van der Waals surface area contributed by atoms with Crippen LogP contribution in [0.2, 0.25) is 0 Å². The molecule has 0 saturated carbocycles. The van der Waals surface area contributed by atoms with Gasteiger partial charge in [-0.2, -0.15) is 5.10 Å². The Morgan fingerprint density at radius 2 is 1.77 bits per heavy atom. The maximum Gasteiger partial charge on any atom is 0.271 e. The molecule has 1 saturated heterocycles. The molecule has 1 aromatic heterocycles. The van der Waals surface area contributed by atoms with Gasteiger partial charge in [0.15, 0.2) is 0 Å². The van der Waals surface area contributed by atoms with Crippen LogP contribution in [0.25, 0.3) is 0 Å². The Balaban J connectivity index is 1.52. The zero-order valence-electron chi connectivity index (χ0n) is 15.4.